The van der Waals surface area contributed by atoms with Crippen molar-refractivity contribution < 1.29 is 18.6 Å². The molecule has 0 saturated carbocycles. The lowest BCUT2D eigenvalue weighted by atomic mass is 9.93. The second kappa shape index (κ2) is 9.43. The van der Waals surface area contributed by atoms with Crippen molar-refractivity contribution in [2.45, 2.75) is 41.6 Å². The van der Waals surface area contributed by atoms with E-state index in [0.717, 1.165) is 9.37 Å². The Morgan fingerprint density at radius 3 is 2.84 bits per heavy atom. The van der Waals surface area contributed by atoms with E-state index in [-0.39, 0.29) is 29.5 Å². The third-order valence-corrected chi connectivity index (χ3v) is 6.95. The Hall–Kier alpha value is -1.69. The standard InChI is InChI=1S/C21H24BrFN4O3S/c1-11-3-4-12(5-15(11)23)16(24)9-27(25)18-19-17(10-29-19)30-21(20(18)28-2)31-14-6-13(22)7-26-8-14/h3-9,17-21H,10,24-25H2,1-2H3/b16-9-. The maximum Gasteiger partial charge on any atom is 0.136 e. The van der Waals surface area contributed by atoms with Crippen molar-refractivity contribution in [2.24, 2.45) is 11.6 Å². The number of thioether (sulfide) groups is 1. The van der Waals surface area contributed by atoms with Gasteiger partial charge in [-0.25, -0.2) is 10.2 Å². The number of methoxy groups -OCH3 is 1. The fourth-order valence-electron chi connectivity index (χ4n) is 3.69. The van der Waals surface area contributed by atoms with E-state index in [1.165, 1.54) is 22.8 Å². The third kappa shape index (κ3) is 4.74. The zero-order valence-electron chi connectivity index (χ0n) is 17.1. The van der Waals surface area contributed by atoms with Gasteiger partial charge in [0.25, 0.3) is 0 Å². The summed E-state index contributed by atoms with van der Waals surface area (Å²) < 4.78 is 32.6. The first-order chi connectivity index (χ1) is 14.9. The number of ether oxygens (including phenoxy) is 3. The highest BCUT2D eigenvalue weighted by Crippen LogP contribution is 2.40. The van der Waals surface area contributed by atoms with Crippen LogP contribution in [0.1, 0.15) is 11.1 Å². The van der Waals surface area contributed by atoms with Crippen molar-refractivity contribution in [3.05, 3.63) is 64.3 Å². The molecule has 0 radical (unpaired) electrons. The first kappa shape index (κ1) is 22.5. The third-order valence-electron chi connectivity index (χ3n) is 5.41. The van der Waals surface area contributed by atoms with E-state index in [1.807, 2.05) is 6.07 Å². The number of benzene rings is 1. The Bertz CT molecular complexity index is 981. The molecule has 2 aromatic rings. The summed E-state index contributed by atoms with van der Waals surface area (Å²) in [7, 11) is 1.61. The van der Waals surface area contributed by atoms with Gasteiger partial charge >= 0.3 is 0 Å². The number of pyridine rings is 1. The summed E-state index contributed by atoms with van der Waals surface area (Å²) in [5.41, 5.74) is 7.35. The summed E-state index contributed by atoms with van der Waals surface area (Å²) in [5, 5.41) is 1.49. The summed E-state index contributed by atoms with van der Waals surface area (Å²) in [5.74, 6) is 6.11. The second-order valence-corrected chi connectivity index (χ2v) is 9.57. The molecule has 4 rings (SSSR count). The molecule has 166 valence electrons. The van der Waals surface area contributed by atoms with Crippen LogP contribution in [0.15, 0.2) is 52.2 Å². The van der Waals surface area contributed by atoms with Gasteiger partial charge in [0, 0.05) is 40.6 Å². The minimum atomic E-state index is -0.408. The molecule has 31 heavy (non-hydrogen) atoms. The first-order valence-corrected chi connectivity index (χ1v) is 11.4. The van der Waals surface area contributed by atoms with Gasteiger partial charge in [0.15, 0.2) is 0 Å². The quantitative estimate of drug-likeness (QED) is 0.452. The molecule has 1 aromatic carbocycles. The van der Waals surface area contributed by atoms with Gasteiger partial charge in [-0.05, 0) is 40.5 Å². The molecular weight excluding hydrogens is 487 g/mol. The van der Waals surface area contributed by atoms with E-state index in [9.17, 15) is 4.39 Å². The number of aryl methyl sites for hydroxylation is 1. The molecule has 1 aromatic heterocycles. The number of hydrogen-bond donors (Lipinski definition) is 2. The molecule has 10 heteroatoms. The summed E-state index contributed by atoms with van der Waals surface area (Å²) in [6.45, 7) is 2.19. The fourth-order valence-corrected chi connectivity index (χ4v) is 5.39. The Morgan fingerprint density at radius 2 is 2.19 bits per heavy atom. The van der Waals surface area contributed by atoms with Crippen LogP contribution in [0, 0.1) is 12.7 Å². The van der Waals surface area contributed by atoms with Crippen molar-refractivity contribution in [2.75, 3.05) is 13.7 Å². The molecule has 0 spiro atoms. The topological polar surface area (TPSA) is 95.9 Å². The van der Waals surface area contributed by atoms with Crippen molar-refractivity contribution >= 4 is 33.4 Å². The van der Waals surface area contributed by atoms with Gasteiger partial charge < -0.3 is 25.0 Å². The van der Waals surface area contributed by atoms with Crippen molar-refractivity contribution in [1.29, 1.82) is 0 Å². The lowest BCUT2D eigenvalue weighted by Gasteiger charge is -2.53. The van der Waals surface area contributed by atoms with Gasteiger partial charge in [-0.15, -0.1) is 0 Å². The van der Waals surface area contributed by atoms with Crippen LogP contribution >= 0.6 is 27.7 Å². The number of aromatic nitrogens is 1. The SMILES string of the molecule is COC1C(Sc2cncc(Br)c2)OC2COC2C1N(N)/C=C(\N)c1ccc(C)c(F)c1. The molecule has 4 N–H and O–H groups in total. The zero-order chi connectivity index (χ0) is 22.1. The normalized spacial score (nSPS) is 28.0. The Balaban J connectivity index is 1.57. The molecule has 5 atom stereocenters. The van der Waals surface area contributed by atoms with Gasteiger partial charge in [-0.1, -0.05) is 23.9 Å². The van der Waals surface area contributed by atoms with Crippen LogP contribution in [-0.4, -0.2) is 53.5 Å². The minimum absolute atomic E-state index is 0.105. The van der Waals surface area contributed by atoms with Crippen LogP contribution in [0.4, 0.5) is 4.39 Å². The number of halogens is 2. The molecular formula is C21H24BrFN4O3S. The summed E-state index contributed by atoms with van der Waals surface area (Å²) in [6, 6.07) is 6.47. The molecule has 2 aliphatic rings. The number of rotatable bonds is 6. The highest BCUT2D eigenvalue weighted by atomic mass is 79.9. The van der Waals surface area contributed by atoms with Crippen LogP contribution in [0.25, 0.3) is 5.70 Å². The second-order valence-electron chi connectivity index (χ2n) is 7.48. The number of hydrazine groups is 1. The smallest absolute Gasteiger partial charge is 0.136 e. The van der Waals surface area contributed by atoms with Gasteiger partial charge in [-0.3, -0.25) is 4.98 Å². The predicted molar refractivity (Wildman–Crippen MR) is 120 cm³/mol. The maximum absolute atomic E-state index is 14.0. The Morgan fingerprint density at radius 1 is 1.39 bits per heavy atom. The first-order valence-electron chi connectivity index (χ1n) is 9.71. The largest absolute Gasteiger partial charge is 0.397 e. The monoisotopic (exact) mass is 510 g/mol. The van der Waals surface area contributed by atoms with E-state index in [1.54, 1.807) is 44.8 Å². The average Bonchev–Trinajstić information content (AvgIpc) is 2.71. The molecule has 2 fully saturated rings. The highest BCUT2D eigenvalue weighted by molar-refractivity contribution is 9.10. The Kier molecular flexibility index (Phi) is 6.85. The van der Waals surface area contributed by atoms with E-state index >= 15 is 0 Å². The van der Waals surface area contributed by atoms with Crippen LogP contribution in [-0.2, 0) is 14.2 Å². The van der Waals surface area contributed by atoms with Gasteiger partial charge in [-0.2, -0.15) is 0 Å². The summed E-state index contributed by atoms with van der Waals surface area (Å²) >= 11 is 4.95. The van der Waals surface area contributed by atoms with Crippen molar-refractivity contribution in [3.63, 3.8) is 0 Å². The van der Waals surface area contributed by atoms with Crippen molar-refractivity contribution in [1.82, 2.24) is 9.99 Å². The zero-order valence-corrected chi connectivity index (χ0v) is 19.5. The summed E-state index contributed by atoms with van der Waals surface area (Å²) in [4.78, 5) is 5.15. The minimum Gasteiger partial charge on any atom is -0.397 e. The molecule has 3 heterocycles. The molecule has 7 nitrogen and oxygen atoms in total. The van der Waals surface area contributed by atoms with E-state index in [2.05, 4.69) is 20.9 Å². The van der Waals surface area contributed by atoms with Gasteiger partial charge in [0.1, 0.15) is 35.6 Å². The van der Waals surface area contributed by atoms with Crippen molar-refractivity contribution in [3.8, 4) is 0 Å². The lowest BCUT2D eigenvalue weighted by Crippen LogP contribution is -2.70. The van der Waals surface area contributed by atoms with Crippen LogP contribution < -0.4 is 11.6 Å². The van der Waals surface area contributed by atoms with E-state index in [0.29, 0.717) is 23.4 Å². The average molecular weight is 511 g/mol. The molecule has 5 unspecified atom stereocenters. The van der Waals surface area contributed by atoms with Crippen LogP contribution in [0.3, 0.4) is 0 Å². The van der Waals surface area contributed by atoms with E-state index in [4.69, 9.17) is 25.8 Å². The molecule has 0 amide bonds. The molecule has 0 bridgehead atoms. The lowest BCUT2D eigenvalue weighted by molar-refractivity contribution is -0.272. The molecule has 2 aliphatic heterocycles. The number of nitrogens with zero attached hydrogens (tertiary/aromatic N) is 2. The molecule has 0 aliphatic carbocycles. The molecule has 2 saturated heterocycles. The van der Waals surface area contributed by atoms with Gasteiger partial charge in [0.2, 0.25) is 0 Å². The number of hydrogen-bond acceptors (Lipinski definition) is 8. The van der Waals surface area contributed by atoms with Crippen LogP contribution in [0.2, 0.25) is 0 Å². The highest BCUT2D eigenvalue weighted by Gasteiger charge is 2.53. The number of fused-ring (bicyclic) bond motifs is 1. The maximum atomic E-state index is 14.0. The van der Waals surface area contributed by atoms with E-state index < -0.39 is 6.10 Å². The van der Waals surface area contributed by atoms with Crippen LogP contribution in [0.5, 0.6) is 0 Å². The Labute approximate surface area is 193 Å². The predicted octanol–water partition coefficient (Wildman–Crippen LogP) is 3.02. The fraction of sp³-hybridized carbons (Fsp3) is 0.381. The number of nitrogens with two attached hydrogens (primary N) is 2. The summed E-state index contributed by atoms with van der Waals surface area (Å²) in [6.07, 6.45) is 4.31. The van der Waals surface area contributed by atoms with Gasteiger partial charge in [0.05, 0.1) is 12.3 Å².